The molecule has 1 N–H and O–H groups in total. The fourth-order valence-electron chi connectivity index (χ4n) is 1.70. The van der Waals surface area contributed by atoms with Crippen LogP contribution in [0.2, 0.25) is 0 Å². The minimum absolute atomic E-state index is 0.0329. The third-order valence-electron chi connectivity index (χ3n) is 2.60. The fourth-order valence-corrected chi connectivity index (χ4v) is 1.70. The average molecular weight is 296 g/mol. The van der Waals surface area contributed by atoms with E-state index < -0.39 is 19.0 Å². The number of aromatic carboxylic acids is 1. The maximum atomic E-state index is 12.2. The van der Waals surface area contributed by atoms with Gasteiger partial charge in [0.05, 0.1) is 11.1 Å². The third-order valence-corrected chi connectivity index (χ3v) is 2.60. The zero-order valence-corrected chi connectivity index (χ0v) is 10.6. The molecule has 0 aliphatic heterocycles. The highest BCUT2D eigenvalue weighted by atomic mass is 19.3. The van der Waals surface area contributed by atoms with Crippen molar-refractivity contribution in [1.29, 1.82) is 0 Å². The number of carboxylic acids is 1. The molecule has 0 saturated carbocycles. The SMILES string of the molecule is O=Cc1ccc(-c2cc(C(=O)O)ccc2OCC(F)F)o1. The largest absolute Gasteiger partial charge is 0.487 e. The molecule has 0 saturated heterocycles. The molecule has 0 aliphatic rings. The fraction of sp³-hybridized carbons (Fsp3) is 0.143. The first kappa shape index (κ1) is 14.7. The number of carboxylic acid groups (broad SMARTS) is 1. The summed E-state index contributed by atoms with van der Waals surface area (Å²) in [5.74, 6) is -0.944. The zero-order chi connectivity index (χ0) is 15.4. The maximum Gasteiger partial charge on any atom is 0.335 e. The topological polar surface area (TPSA) is 76.7 Å². The van der Waals surface area contributed by atoms with E-state index in [0.717, 1.165) is 0 Å². The van der Waals surface area contributed by atoms with Gasteiger partial charge < -0.3 is 14.3 Å². The number of furan rings is 1. The van der Waals surface area contributed by atoms with E-state index >= 15 is 0 Å². The second kappa shape index (κ2) is 6.17. The molecular formula is C14H10F2O5. The summed E-state index contributed by atoms with van der Waals surface area (Å²) in [5.41, 5.74) is 0.127. The van der Waals surface area contributed by atoms with Crippen LogP contribution in [0.1, 0.15) is 20.9 Å². The van der Waals surface area contributed by atoms with Crippen molar-refractivity contribution in [3.8, 4) is 17.1 Å². The van der Waals surface area contributed by atoms with Gasteiger partial charge in [-0.3, -0.25) is 4.79 Å². The van der Waals surface area contributed by atoms with Gasteiger partial charge >= 0.3 is 5.97 Å². The van der Waals surface area contributed by atoms with Crippen molar-refractivity contribution in [2.24, 2.45) is 0 Å². The number of hydrogen-bond donors (Lipinski definition) is 1. The molecule has 0 radical (unpaired) electrons. The van der Waals surface area contributed by atoms with Crippen LogP contribution in [-0.4, -0.2) is 30.4 Å². The Labute approximate surface area is 117 Å². The molecule has 2 rings (SSSR count). The standard InChI is InChI=1S/C14H10F2O5/c15-13(16)7-20-11-3-1-8(14(18)19)5-10(11)12-4-2-9(6-17)21-12/h1-6,13H,7H2,(H,18,19). The lowest BCUT2D eigenvalue weighted by molar-refractivity contribution is 0.0695. The van der Waals surface area contributed by atoms with Crippen LogP contribution in [-0.2, 0) is 0 Å². The van der Waals surface area contributed by atoms with Gasteiger partial charge in [0, 0.05) is 0 Å². The van der Waals surface area contributed by atoms with E-state index in [9.17, 15) is 18.4 Å². The Balaban J connectivity index is 2.44. The average Bonchev–Trinajstić information content (AvgIpc) is 2.93. The van der Waals surface area contributed by atoms with Crippen molar-refractivity contribution in [1.82, 2.24) is 0 Å². The first-order valence-corrected chi connectivity index (χ1v) is 5.85. The van der Waals surface area contributed by atoms with E-state index in [4.69, 9.17) is 14.3 Å². The molecule has 0 aliphatic carbocycles. The Morgan fingerprint density at radius 1 is 1.33 bits per heavy atom. The van der Waals surface area contributed by atoms with E-state index in [-0.39, 0.29) is 28.4 Å². The smallest absolute Gasteiger partial charge is 0.335 e. The molecule has 21 heavy (non-hydrogen) atoms. The monoisotopic (exact) mass is 296 g/mol. The number of aldehydes is 1. The summed E-state index contributed by atoms with van der Waals surface area (Å²) in [6.45, 7) is -0.833. The van der Waals surface area contributed by atoms with Crippen LogP contribution in [0.25, 0.3) is 11.3 Å². The second-order valence-electron chi connectivity index (χ2n) is 4.04. The van der Waals surface area contributed by atoms with Gasteiger partial charge in [-0.2, -0.15) is 0 Å². The van der Waals surface area contributed by atoms with Gasteiger partial charge in [0.2, 0.25) is 0 Å². The summed E-state index contributed by atoms with van der Waals surface area (Å²) in [7, 11) is 0. The minimum Gasteiger partial charge on any atom is -0.487 e. The molecule has 0 bridgehead atoms. The summed E-state index contributed by atoms with van der Waals surface area (Å²) in [4.78, 5) is 21.6. The number of hydrogen-bond acceptors (Lipinski definition) is 4. The molecule has 7 heteroatoms. The lowest BCUT2D eigenvalue weighted by Crippen LogP contribution is -2.08. The molecule has 0 spiro atoms. The van der Waals surface area contributed by atoms with Crippen LogP contribution in [0.15, 0.2) is 34.7 Å². The Morgan fingerprint density at radius 2 is 2.10 bits per heavy atom. The number of benzene rings is 1. The van der Waals surface area contributed by atoms with Gasteiger partial charge in [0.15, 0.2) is 12.0 Å². The van der Waals surface area contributed by atoms with Crippen molar-refractivity contribution in [3.05, 3.63) is 41.7 Å². The molecule has 0 amide bonds. The molecule has 5 nitrogen and oxygen atoms in total. The lowest BCUT2D eigenvalue weighted by Gasteiger charge is -2.10. The highest BCUT2D eigenvalue weighted by molar-refractivity contribution is 5.90. The summed E-state index contributed by atoms with van der Waals surface area (Å²) < 4.78 is 34.6. The lowest BCUT2D eigenvalue weighted by atomic mass is 10.1. The molecule has 1 aromatic carbocycles. The Morgan fingerprint density at radius 3 is 2.67 bits per heavy atom. The van der Waals surface area contributed by atoms with Crippen molar-refractivity contribution < 1.29 is 32.6 Å². The van der Waals surface area contributed by atoms with Crippen LogP contribution in [0.5, 0.6) is 5.75 Å². The van der Waals surface area contributed by atoms with E-state index in [1.54, 1.807) is 0 Å². The van der Waals surface area contributed by atoms with Crippen molar-refractivity contribution >= 4 is 12.3 Å². The predicted molar refractivity (Wildman–Crippen MR) is 68.0 cm³/mol. The van der Waals surface area contributed by atoms with Gasteiger partial charge in [0.25, 0.3) is 6.43 Å². The van der Waals surface area contributed by atoms with Crippen molar-refractivity contribution in [3.63, 3.8) is 0 Å². The highest BCUT2D eigenvalue weighted by Gasteiger charge is 2.15. The van der Waals surface area contributed by atoms with Crippen LogP contribution in [0.4, 0.5) is 8.78 Å². The molecule has 2 aromatic rings. The molecule has 110 valence electrons. The summed E-state index contributed by atoms with van der Waals surface area (Å²) in [5, 5.41) is 8.97. The molecule has 0 unspecified atom stereocenters. The normalized spacial score (nSPS) is 10.6. The van der Waals surface area contributed by atoms with Crippen LogP contribution >= 0.6 is 0 Å². The number of carbonyl (C=O) groups is 2. The van der Waals surface area contributed by atoms with Crippen LogP contribution in [0, 0.1) is 0 Å². The Bertz CT molecular complexity index is 663. The quantitative estimate of drug-likeness (QED) is 0.829. The van der Waals surface area contributed by atoms with E-state index in [2.05, 4.69) is 0 Å². The maximum absolute atomic E-state index is 12.2. The number of carbonyl (C=O) groups excluding carboxylic acids is 1. The predicted octanol–water partition coefficient (Wildman–Crippen LogP) is 3.10. The van der Waals surface area contributed by atoms with E-state index in [1.807, 2.05) is 0 Å². The van der Waals surface area contributed by atoms with Gasteiger partial charge in [0.1, 0.15) is 18.1 Å². The first-order chi connectivity index (χ1) is 10.0. The Hall–Kier alpha value is -2.70. The third kappa shape index (κ3) is 3.44. The first-order valence-electron chi connectivity index (χ1n) is 5.85. The van der Waals surface area contributed by atoms with Crippen LogP contribution in [0.3, 0.4) is 0 Å². The number of alkyl halides is 2. The molecular weight excluding hydrogens is 286 g/mol. The van der Waals surface area contributed by atoms with Crippen molar-refractivity contribution in [2.75, 3.05) is 6.61 Å². The summed E-state index contributed by atoms with van der Waals surface area (Å²) in [6, 6.07) is 6.55. The number of halogens is 2. The van der Waals surface area contributed by atoms with Gasteiger partial charge in [-0.25, -0.2) is 13.6 Å². The zero-order valence-electron chi connectivity index (χ0n) is 10.6. The van der Waals surface area contributed by atoms with Crippen molar-refractivity contribution in [2.45, 2.75) is 6.43 Å². The molecule has 0 fully saturated rings. The Kier molecular flexibility index (Phi) is 4.32. The van der Waals surface area contributed by atoms with Crippen LogP contribution < -0.4 is 4.74 Å². The van der Waals surface area contributed by atoms with Gasteiger partial charge in [-0.15, -0.1) is 0 Å². The second-order valence-corrected chi connectivity index (χ2v) is 4.04. The van der Waals surface area contributed by atoms with Gasteiger partial charge in [-0.1, -0.05) is 0 Å². The van der Waals surface area contributed by atoms with E-state index in [1.165, 1.54) is 30.3 Å². The molecule has 1 heterocycles. The number of rotatable bonds is 6. The summed E-state index contributed by atoms with van der Waals surface area (Å²) >= 11 is 0. The molecule has 0 atom stereocenters. The molecule has 1 aromatic heterocycles. The van der Waals surface area contributed by atoms with E-state index in [0.29, 0.717) is 6.29 Å². The summed E-state index contributed by atoms with van der Waals surface area (Å²) in [6.07, 6.45) is -2.19. The van der Waals surface area contributed by atoms with Gasteiger partial charge in [-0.05, 0) is 30.3 Å². The minimum atomic E-state index is -2.67. The number of ether oxygens (including phenoxy) is 1. The highest BCUT2D eigenvalue weighted by Crippen LogP contribution is 2.32.